The fourth-order valence-corrected chi connectivity index (χ4v) is 3.94. The van der Waals surface area contributed by atoms with Gasteiger partial charge in [-0.05, 0) is 38.1 Å². The van der Waals surface area contributed by atoms with E-state index in [1.807, 2.05) is 36.1 Å². The number of nitrogens with two attached hydrogens (primary N) is 1. The van der Waals surface area contributed by atoms with Gasteiger partial charge in [0.1, 0.15) is 17.0 Å². The maximum Gasteiger partial charge on any atom is 0.222 e. The summed E-state index contributed by atoms with van der Waals surface area (Å²) in [6.07, 6.45) is 5.85. The van der Waals surface area contributed by atoms with Crippen LogP contribution in [0.15, 0.2) is 31.0 Å². The van der Waals surface area contributed by atoms with Gasteiger partial charge in [0.05, 0.1) is 32.5 Å². The molecule has 3 aromatic rings. The molecule has 0 saturated carbocycles. The minimum absolute atomic E-state index is 0.219. The Labute approximate surface area is 195 Å². The maximum absolute atomic E-state index is 5.96. The molecule has 1 unspecified atom stereocenters. The Balaban J connectivity index is 1.95. The number of nitrogens with zero attached hydrogens (tertiary/aromatic N) is 5. The van der Waals surface area contributed by atoms with E-state index in [0.717, 1.165) is 48.6 Å². The molecule has 9 nitrogen and oxygen atoms in total. The van der Waals surface area contributed by atoms with Gasteiger partial charge in [-0.2, -0.15) is 10.1 Å². The van der Waals surface area contributed by atoms with Gasteiger partial charge in [-0.15, -0.1) is 6.58 Å². The average Bonchev–Trinajstić information content (AvgIpc) is 3.17. The highest BCUT2D eigenvalue weighted by atomic mass is 16.5. The molecular formula is C24H35N7O2. The Morgan fingerprint density at radius 3 is 2.55 bits per heavy atom. The topological polar surface area (TPSA) is 103 Å². The van der Waals surface area contributed by atoms with Crippen molar-refractivity contribution in [1.82, 2.24) is 24.6 Å². The number of benzene rings is 1. The molecule has 9 heteroatoms. The molecule has 0 amide bonds. The molecular weight excluding hydrogens is 418 g/mol. The van der Waals surface area contributed by atoms with Crippen LogP contribution in [0.25, 0.3) is 11.0 Å². The van der Waals surface area contributed by atoms with Crippen LogP contribution in [0.4, 0.5) is 11.8 Å². The highest BCUT2D eigenvalue weighted by Crippen LogP contribution is 2.32. The summed E-state index contributed by atoms with van der Waals surface area (Å²) in [5, 5.41) is 8.17. The van der Waals surface area contributed by atoms with Gasteiger partial charge in [0.25, 0.3) is 0 Å². The molecule has 0 saturated heterocycles. The van der Waals surface area contributed by atoms with Crippen LogP contribution in [0.1, 0.15) is 37.8 Å². The van der Waals surface area contributed by atoms with Gasteiger partial charge in [0.2, 0.25) is 5.95 Å². The Hall–Kier alpha value is -3.33. The van der Waals surface area contributed by atoms with Crippen molar-refractivity contribution in [2.24, 2.45) is 0 Å². The molecule has 0 aliphatic heterocycles. The Morgan fingerprint density at radius 1 is 1.24 bits per heavy atom. The fraction of sp³-hybridized carbons (Fsp3) is 0.458. The first-order valence-corrected chi connectivity index (χ1v) is 11.2. The van der Waals surface area contributed by atoms with E-state index in [4.69, 9.17) is 20.3 Å². The van der Waals surface area contributed by atoms with E-state index in [9.17, 15) is 0 Å². The van der Waals surface area contributed by atoms with E-state index < -0.39 is 0 Å². The number of nitrogen functional groups attached to an aromatic ring is 1. The summed E-state index contributed by atoms with van der Waals surface area (Å²) in [4.78, 5) is 10.9. The van der Waals surface area contributed by atoms with Crippen LogP contribution in [0.5, 0.6) is 11.5 Å². The second kappa shape index (κ2) is 11.0. The lowest BCUT2D eigenvalue weighted by atomic mass is 10.1. The number of hydrogen-bond acceptors (Lipinski definition) is 8. The van der Waals surface area contributed by atoms with E-state index in [-0.39, 0.29) is 12.0 Å². The number of hydrogen-bond donors (Lipinski definition) is 2. The number of aromatic nitrogens is 4. The zero-order valence-corrected chi connectivity index (χ0v) is 20.3. The second-order valence-corrected chi connectivity index (χ2v) is 8.29. The predicted molar refractivity (Wildman–Crippen MR) is 133 cm³/mol. The predicted octanol–water partition coefficient (Wildman–Crippen LogP) is 3.69. The largest absolute Gasteiger partial charge is 0.496 e. The lowest BCUT2D eigenvalue weighted by Gasteiger charge is -2.19. The number of anilines is 2. The first-order valence-electron chi connectivity index (χ1n) is 11.2. The number of nitrogens with one attached hydrogen (secondary N) is 1. The summed E-state index contributed by atoms with van der Waals surface area (Å²) in [5.74, 6) is 2.36. The summed E-state index contributed by atoms with van der Waals surface area (Å²) in [6, 6.07) is 4.33. The van der Waals surface area contributed by atoms with Gasteiger partial charge in [-0.3, -0.25) is 9.58 Å². The molecule has 0 aliphatic carbocycles. The highest BCUT2D eigenvalue weighted by molar-refractivity contribution is 5.85. The monoisotopic (exact) mass is 453 g/mol. The molecule has 3 N–H and O–H groups in total. The van der Waals surface area contributed by atoms with Crippen LogP contribution < -0.4 is 20.5 Å². The second-order valence-electron chi connectivity index (χ2n) is 8.29. The number of fused-ring (bicyclic) bond motifs is 1. The molecule has 0 fully saturated rings. The molecule has 0 aliphatic rings. The van der Waals surface area contributed by atoms with Gasteiger partial charge in [-0.25, -0.2) is 4.98 Å². The number of likely N-dealkylation sites (N-methyl/N-ethyl adjacent to an activating group) is 1. The minimum atomic E-state index is 0.219. The number of rotatable bonds is 12. The van der Waals surface area contributed by atoms with Crippen LogP contribution >= 0.6 is 0 Å². The van der Waals surface area contributed by atoms with Crippen LogP contribution in [-0.2, 0) is 13.1 Å². The van der Waals surface area contributed by atoms with Crippen molar-refractivity contribution in [3.8, 4) is 11.5 Å². The molecule has 0 spiro atoms. The maximum atomic E-state index is 5.96. The number of ether oxygens (including phenoxy) is 2. The van der Waals surface area contributed by atoms with Gasteiger partial charge in [0.15, 0.2) is 11.3 Å². The van der Waals surface area contributed by atoms with E-state index >= 15 is 0 Å². The SMILES string of the molecule is C=CCN(C)Cc1cc(OC)c(Cn2cc3nc(N)nc(NC(C)CCC)c3n2)c(OC)c1. The third kappa shape index (κ3) is 5.92. The summed E-state index contributed by atoms with van der Waals surface area (Å²) in [6.45, 7) is 10.1. The molecule has 1 atom stereocenters. The zero-order valence-electron chi connectivity index (χ0n) is 20.3. The molecule has 33 heavy (non-hydrogen) atoms. The quantitative estimate of drug-likeness (QED) is 0.400. The van der Waals surface area contributed by atoms with Crippen molar-refractivity contribution in [2.75, 3.05) is 38.9 Å². The summed E-state index contributed by atoms with van der Waals surface area (Å²) < 4.78 is 13.3. The Bertz CT molecular complexity index is 1070. The molecule has 3 rings (SSSR count). The Kier molecular flexibility index (Phi) is 8.11. The van der Waals surface area contributed by atoms with Crippen molar-refractivity contribution in [1.29, 1.82) is 0 Å². The highest BCUT2D eigenvalue weighted by Gasteiger charge is 2.17. The normalized spacial score (nSPS) is 12.2. The van der Waals surface area contributed by atoms with E-state index in [0.29, 0.717) is 23.4 Å². The van der Waals surface area contributed by atoms with Crippen molar-refractivity contribution in [2.45, 2.75) is 45.8 Å². The van der Waals surface area contributed by atoms with E-state index in [2.05, 4.69) is 40.6 Å². The van der Waals surface area contributed by atoms with Crippen LogP contribution in [0.2, 0.25) is 0 Å². The smallest absolute Gasteiger partial charge is 0.222 e. The first kappa shape index (κ1) is 24.3. The van der Waals surface area contributed by atoms with E-state index in [1.165, 1.54) is 0 Å². The molecule has 1 aromatic carbocycles. The van der Waals surface area contributed by atoms with Crippen LogP contribution in [0.3, 0.4) is 0 Å². The molecule has 2 aromatic heterocycles. The zero-order chi connectivity index (χ0) is 24.0. The molecule has 0 bridgehead atoms. The third-order valence-electron chi connectivity index (χ3n) is 5.41. The summed E-state index contributed by atoms with van der Waals surface area (Å²) in [7, 11) is 5.38. The molecule has 178 valence electrons. The summed E-state index contributed by atoms with van der Waals surface area (Å²) in [5.41, 5.74) is 9.33. The van der Waals surface area contributed by atoms with Crippen molar-refractivity contribution < 1.29 is 9.47 Å². The summed E-state index contributed by atoms with van der Waals surface area (Å²) >= 11 is 0. The van der Waals surface area contributed by atoms with Crippen molar-refractivity contribution in [3.05, 3.63) is 42.1 Å². The first-order chi connectivity index (χ1) is 15.9. The van der Waals surface area contributed by atoms with Gasteiger partial charge < -0.3 is 20.5 Å². The lowest BCUT2D eigenvalue weighted by molar-refractivity contribution is 0.355. The standard InChI is InChI=1S/C24H35N7O2/c1-7-9-16(3)26-23-22-19(27-24(25)28-23)15-31(29-22)14-18-20(32-5)11-17(12-21(18)33-6)13-30(4)10-8-2/h8,11-12,15-16H,2,7,9-10,13-14H2,1,3-6H3,(H3,25,26,27,28). The van der Waals surface area contributed by atoms with E-state index in [1.54, 1.807) is 14.2 Å². The minimum Gasteiger partial charge on any atom is -0.496 e. The molecule has 2 heterocycles. The van der Waals surface area contributed by atoms with Crippen molar-refractivity contribution >= 4 is 22.8 Å². The van der Waals surface area contributed by atoms with Gasteiger partial charge in [-0.1, -0.05) is 19.4 Å². The van der Waals surface area contributed by atoms with Gasteiger partial charge >= 0.3 is 0 Å². The van der Waals surface area contributed by atoms with Crippen molar-refractivity contribution in [3.63, 3.8) is 0 Å². The number of methoxy groups -OCH3 is 2. The fourth-order valence-electron chi connectivity index (χ4n) is 3.94. The van der Waals surface area contributed by atoms with Gasteiger partial charge in [0, 0.05) is 19.1 Å². The average molecular weight is 454 g/mol. The lowest BCUT2D eigenvalue weighted by Crippen LogP contribution is -2.17. The molecule has 0 radical (unpaired) electrons. The van der Waals surface area contributed by atoms with Crippen LogP contribution in [0, 0.1) is 0 Å². The van der Waals surface area contributed by atoms with Crippen LogP contribution in [-0.4, -0.2) is 58.5 Å². The Morgan fingerprint density at radius 2 is 1.94 bits per heavy atom. The third-order valence-corrected chi connectivity index (χ3v) is 5.41.